The summed E-state index contributed by atoms with van der Waals surface area (Å²) in [4.78, 5) is 0. The Kier molecular flexibility index (Phi) is 28.6. The molecule has 0 unspecified atom stereocenters. The van der Waals surface area contributed by atoms with Crippen molar-refractivity contribution >= 4 is 40.0 Å². The molecule has 0 bridgehead atoms. The van der Waals surface area contributed by atoms with E-state index in [0.717, 1.165) is 0 Å². The van der Waals surface area contributed by atoms with E-state index in [0.29, 0.717) is 9.47 Å². The van der Waals surface area contributed by atoms with Gasteiger partial charge < -0.3 is 5.32 Å². The number of hydrogen-bond donors (Lipinski definition) is 1. The quantitative estimate of drug-likeness (QED) is 0.655. The van der Waals surface area contributed by atoms with Gasteiger partial charge in [-0.15, -0.1) is 0 Å². The van der Waals surface area contributed by atoms with Crippen LogP contribution < -0.4 is 5.32 Å². The third kappa shape index (κ3) is 37.4. The molecule has 6 heavy (non-hydrogen) atoms. The van der Waals surface area contributed by atoms with Crippen molar-refractivity contribution < 1.29 is 9.47 Å². The molecule has 0 aromatic carbocycles. The standard InChI is InChI=1S/C2H7N.2HI.V/c1-3-2;;;/h3H,1-2H3;2*1H;/q;;;+2/p-2. The first-order valence-electron chi connectivity index (χ1n) is 1.34. The van der Waals surface area contributed by atoms with Gasteiger partial charge in [-0.1, -0.05) is 0 Å². The van der Waals surface area contributed by atoms with Crippen LogP contribution in [0, 0.1) is 0 Å². The molecule has 0 aromatic rings. The van der Waals surface area contributed by atoms with Crippen molar-refractivity contribution in [2.45, 2.75) is 0 Å². The number of hydrogen-bond acceptors (Lipinski definition) is 1. The van der Waals surface area contributed by atoms with Crippen LogP contribution in [0.4, 0.5) is 0 Å². The van der Waals surface area contributed by atoms with Crippen LogP contribution in [0.5, 0.6) is 0 Å². The molecule has 0 aromatic heterocycles. The fourth-order valence-corrected chi connectivity index (χ4v) is 0. The molecular weight excluding hydrogens is 343 g/mol. The van der Waals surface area contributed by atoms with Crippen LogP contribution in [0.25, 0.3) is 0 Å². The second kappa shape index (κ2) is 15.7. The number of halogens is 2. The second-order valence-corrected chi connectivity index (χ2v) is 12.4. The van der Waals surface area contributed by atoms with Crippen LogP contribution in [-0.4, -0.2) is 14.1 Å². The first kappa shape index (κ1) is 10.9. The topological polar surface area (TPSA) is 12.0 Å². The predicted octanol–water partition coefficient (Wildman–Crippen LogP) is 1.60. The Morgan fingerprint density at radius 2 is 1.33 bits per heavy atom. The SMILES string of the molecule is CNC.[I][V][I]. The van der Waals surface area contributed by atoms with Gasteiger partial charge in [-0.05, 0) is 14.1 Å². The summed E-state index contributed by atoms with van der Waals surface area (Å²) >= 11 is 4.74. The van der Waals surface area contributed by atoms with Crippen LogP contribution in [0.1, 0.15) is 0 Å². The van der Waals surface area contributed by atoms with Crippen molar-refractivity contribution in [3.8, 4) is 0 Å². The van der Waals surface area contributed by atoms with Crippen molar-refractivity contribution in [1.82, 2.24) is 5.32 Å². The molecule has 0 saturated heterocycles. The third-order valence-electron chi connectivity index (χ3n) is 0. The first-order valence-corrected chi connectivity index (χ1v) is 10.4. The van der Waals surface area contributed by atoms with E-state index in [1.807, 2.05) is 14.1 Å². The van der Waals surface area contributed by atoms with Gasteiger partial charge in [0.1, 0.15) is 0 Å². The normalized spacial score (nSPS) is 5.33. The minimum atomic E-state index is 0.628. The molecule has 4 heteroatoms. The summed E-state index contributed by atoms with van der Waals surface area (Å²) < 4.78 is 0. The molecule has 0 amide bonds. The Balaban J connectivity index is 0. The zero-order chi connectivity index (χ0) is 5.41. The molecule has 0 aliphatic rings. The Morgan fingerprint density at radius 3 is 1.33 bits per heavy atom. The first-order chi connectivity index (χ1) is 2.83. The maximum absolute atomic E-state index is 2.75. The molecule has 0 radical (unpaired) electrons. The number of rotatable bonds is 0. The molecular formula is C2H7I2NV. The molecule has 1 N–H and O–H groups in total. The summed E-state index contributed by atoms with van der Waals surface area (Å²) in [5, 5.41) is 2.75. The van der Waals surface area contributed by atoms with E-state index in [4.69, 9.17) is 0 Å². The zero-order valence-corrected chi connectivity index (χ0v) is 9.41. The van der Waals surface area contributed by atoms with Crippen LogP contribution in [-0.2, 0) is 9.47 Å². The fraction of sp³-hybridized carbons (Fsp3) is 1.00. The molecule has 0 aliphatic carbocycles. The summed E-state index contributed by atoms with van der Waals surface area (Å²) in [5.74, 6) is 0. The van der Waals surface area contributed by atoms with Gasteiger partial charge in [-0.3, -0.25) is 0 Å². The molecule has 1 nitrogen and oxygen atoms in total. The van der Waals surface area contributed by atoms with E-state index in [1.165, 1.54) is 0 Å². The van der Waals surface area contributed by atoms with Crippen molar-refractivity contribution in [1.29, 1.82) is 0 Å². The summed E-state index contributed by atoms with van der Waals surface area (Å²) in [7, 11) is 4.38. The van der Waals surface area contributed by atoms with Gasteiger partial charge in [0.2, 0.25) is 0 Å². The Bertz CT molecular complexity index is 13.5. The second-order valence-electron chi connectivity index (χ2n) is 0.564. The van der Waals surface area contributed by atoms with Gasteiger partial charge in [0.15, 0.2) is 0 Å². The molecule has 0 aliphatic heterocycles. The van der Waals surface area contributed by atoms with E-state index in [2.05, 4.69) is 45.3 Å². The van der Waals surface area contributed by atoms with Gasteiger partial charge in [0.25, 0.3) is 0 Å². The summed E-state index contributed by atoms with van der Waals surface area (Å²) in [5.41, 5.74) is 0. The van der Waals surface area contributed by atoms with Gasteiger partial charge in [0.05, 0.1) is 0 Å². The van der Waals surface area contributed by atoms with Crippen LogP contribution in [0.3, 0.4) is 0 Å². The average molecular weight is 350 g/mol. The van der Waals surface area contributed by atoms with E-state index in [1.54, 1.807) is 0 Å². The number of nitrogens with one attached hydrogen (secondary N) is 1. The third-order valence-corrected chi connectivity index (χ3v) is 0. The van der Waals surface area contributed by atoms with E-state index >= 15 is 0 Å². The monoisotopic (exact) mass is 350 g/mol. The minimum absolute atomic E-state index is 0.628. The maximum atomic E-state index is 2.75. The molecule has 0 atom stereocenters. The zero-order valence-electron chi connectivity index (χ0n) is 3.70. The van der Waals surface area contributed by atoms with Gasteiger partial charge >= 0.3 is 49.4 Å². The van der Waals surface area contributed by atoms with Crippen molar-refractivity contribution in [3.63, 3.8) is 0 Å². The van der Waals surface area contributed by atoms with Gasteiger partial charge in [-0.25, -0.2) is 0 Å². The summed E-state index contributed by atoms with van der Waals surface area (Å²) in [6.07, 6.45) is 0. The van der Waals surface area contributed by atoms with Crippen molar-refractivity contribution in [3.05, 3.63) is 0 Å². The Hall–Kier alpha value is 2.00. The van der Waals surface area contributed by atoms with Crippen molar-refractivity contribution in [2.24, 2.45) is 0 Å². The molecule has 39 valence electrons. The van der Waals surface area contributed by atoms with Gasteiger partial charge in [-0.2, -0.15) is 0 Å². The summed E-state index contributed by atoms with van der Waals surface area (Å²) in [6, 6.07) is 0. The molecule has 0 heterocycles. The van der Waals surface area contributed by atoms with Crippen molar-refractivity contribution in [2.75, 3.05) is 14.1 Å². The van der Waals surface area contributed by atoms with Crippen LogP contribution in [0.2, 0.25) is 0 Å². The Morgan fingerprint density at radius 1 is 1.33 bits per heavy atom. The average Bonchev–Trinajstić information content (AvgIpc) is 1.39. The summed E-state index contributed by atoms with van der Waals surface area (Å²) in [6.45, 7) is 0. The van der Waals surface area contributed by atoms with E-state index in [-0.39, 0.29) is 0 Å². The predicted molar refractivity (Wildman–Crippen MR) is 43.0 cm³/mol. The molecule has 0 spiro atoms. The molecule has 0 rings (SSSR count). The van der Waals surface area contributed by atoms with Gasteiger partial charge in [0, 0.05) is 0 Å². The Labute approximate surface area is 67.9 Å². The van der Waals surface area contributed by atoms with E-state index in [9.17, 15) is 0 Å². The fourth-order valence-electron chi connectivity index (χ4n) is 0. The molecule has 0 saturated carbocycles. The molecule has 0 fully saturated rings. The van der Waals surface area contributed by atoms with Crippen LogP contribution >= 0.6 is 40.0 Å². The van der Waals surface area contributed by atoms with E-state index < -0.39 is 0 Å². The van der Waals surface area contributed by atoms with Crippen LogP contribution in [0.15, 0.2) is 0 Å².